The summed E-state index contributed by atoms with van der Waals surface area (Å²) in [5.41, 5.74) is 10.1. The molecule has 2 aliphatic rings. The summed E-state index contributed by atoms with van der Waals surface area (Å²) in [4.78, 5) is 9.13. The van der Waals surface area contributed by atoms with Crippen LogP contribution in [0.15, 0.2) is 12.1 Å². The van der Waals surface area contributed by atoms with Crippen LogP contribution in [0.25, 0.3) is 11.0 Å². The maximum atomic E-state index is 13.7. The van der Waals surface area contributed by atoms with Crippen LogP contribution in [0.5, 0.6) is 0 Å². The van der Waals surface area contributed by atoms with Crippen LogP contribution >= 0.6 is 0 Å². The number of aromatic nitrogens is 2. The SMILES string of the molecule is Cn1c(N2CCC[C@@H](F)C2)nc2cc(N)c(N3CCCC3)cc21. The average molecular weight is 317 g/mol. The minimum Gasteiger partial charge on any atom is -0.397 e. The van der Waals surface area contributed by atoms with E-state index in [4.69, 9.17) is 10.7 Å². The minimum absolute atomic E-state index is 0.436. The lowest BCUT2D eigenvalue weighted by Crippen LogP contribution is -2.37. The Morgan fingerprint density at radius 2 is 1.87 bits per heavy atom. The number of alkyl halides is 1. The third-order valence-corrected chi connectivity index (χ3v) is 5.10. The molecule has 0 amide bonds. The van der Waals surface area contributed by atoms with Crippen molar-refractivity contribution in [1.82, 2.24) is 9.55 Å². The van der Waals surface area contributed by atoms with E-state index in [0.717, 1.165) is 54.4 Å². The van der Waals surface area contributed by atoms with Gasteiger partial charge in [-0.25, -0.2) is 9.37 Å². The number of hydrogen-bond donors (Lipinski definition) is 1. The molecule has 4 rings (SSSR count). The molecule has 2 N–H and O–H groups in total. The summed E-state index contributed by atoms with van der Waals surface area (Å²) in [6.45, 7) is 3.43. The normalized spacial score (nSPS) is 22.3. The first-order valence-corrected chi connectivity index (χ1v) is 8.53. The number of nitrogens with two attached hydrogens (primary N) is 1. The van der Waals surface area contributed by atoms with E-state index in [1.54, 1.807) is 0 Å². The van der Waals surface area contributed by atoms with E-state index >= 15 is 0 Å². The van der Waals surface area contributed by atoms with E-state index in [2.05, 4.69) is 20.4 Å². The van der Waals surface area contributed by atoms with Gasteiger partial charge in [-0.05, 0) is 37.8 Å². The van der Waals surface area contributed by atoms with Crippen molar-refractivity contribution in [2.75, 3.05) is 41.7 Å². The van der Waals surface area contributed by atoms with Crippen molar-refractivity contribution in [2.45, 2.75) is 31.9 Å². The van der Waals surface area contributed by atoms with E-state index in [0.29, 0.717) is 13.0 Å². The van der Waals surface area contributed by atoms with Gasteiger partial charge in [0.2, 0.25) is 5.95 Å². The molecular weight excluding hydrogens is 293 g/mol. The Labute approximate surface area is 135 Å². The summed E-state index contributed by atoms with van der Waals surface area (Å²) in [5.74, 6) is 0.848. The lowest BCUT2D eigenvalue weighted by atomic mass is 10.1. The molecule has 0 bridgehead atoms. The van der Waals surface area contributed by atoms with Gasteiger partial charge in [-0.15, -0.1) is 0 Å². The summed E-state index contributed by atoms with van der Waals surface area (Å²) >= 11 is 0. The fourth-order valence-corrected chi connectivity index (χ4v) is 3.85. The molecule has 1 atom stereocenters. The quantitative estimate of drug-likeness (QED) is 0.865. The summed E-state index contributed by atoms with van der Waals surface area (Å²) < 4.78 is 15.8. The first-order valence-electron chi connectivity index (χ1n) is 8.53. The first kappa shape index (κ1) is 14.6. The number of halogens is 1. The van der Waals surface area contributed by atoms with E-state index in [9.17, 15) is 4.39 Å². The van der Waals surface area contributed by atoms with E-state index in [-0.39, 0.29) is 0 Å². The summed E-state index contributed by atoms with van der Waals surface area (Å²) in [7, 11) is 2.01. The Kier molecular flexibility index (Phi) is 3.54. The number of imidazole rings is 1. The fourth-order valence-electron chi connectivity index (χ4n) is 3.85. The van der Waals surface area contributed by atoms with Crippen LogP contribution in [-0.4, -0.2) is 41.9 Å². The molecule has 2 aromatic rings. The third kappa shape index (κ3) is 2.50. The van der Waals surface area contributed by atoms with Gasteiger partial charge in [0, 0.05) is 26.7 Å². The number of aryl methyl sites for hydroxylation is 1. The zero-order valence-corrected chi connectivity index (χ0v) is 13.6. The molecule has 1 aromatic heterocycles. The van der Waals surface area contributed by atoms with Gasteiger partial charge in [0.05, 0.1) is 29.0 Å². The fraction of sp³-hybridized carbons (Fsp3) is 0.588. The summed E-state index contributed by atoms with van der Waals surface area (Å²) in [5, 5.41) is 0. The van der Waals surface area contributed by atoms with Crippen molar-refractivity contribution in [1.29, 1.82) is 0 Å². The highest BCUT2D eigenvalue weighted by Crippen LogP contribution is 2.33. The van der Waals surface area contributed by atoms with Gasteiger partial charge in [-0.3, -0.25) is 0 Å². The minimum atomic E-state index is -0.756. The largest absolute Gasteiger partial charge is 0.397 e. The molecule has 5 nitrogen and oxygen atoms in total. The Balaban J connectivity index is 1.75. The zero-order chi connectivity index (χ0) is 16.0. The molecule has 2 saturated heterocycles. The van der Waals surface area contributed by atoms with Crippen LogP contribution in [0.1, 0.15) is 25.7 Å². The van der Waals surface area contributed by atoms with Crippen LogP contribution in [0.2, 0.25) is 0 Å². The molecule has 6 heteroatoms. The van der Waals surface area contributed by atoms with Gasteiger partial charge >= 0.3 is 0 Å². The molecule has 3 heterocycles. The van der Waals surface area contributed by atoms with E-state index < -0.39 is 6.17 Å². The molecule has 124 valence electrons. The molecule has 1 aromatic carbocycles. The van der Waals surface area contributed by atoms with Gasteiger partial charge in [0.15, 0.2) is 0 Å². The molecule has 2 aliphatic heterocycles. The summed E-state index contributed by atoms with van der Waals surface area (Å²) in [6, 6.07) is 4.10. The number of benzene rings is 1. The van der Waals surface area contributed by atoms with Gasteiger partial charge in [0.1, 0.15) is 6.17 Å². The second kappa shape index (κ2) is 5.58. The van der Waals surface area contributed by atoms with Crippen molar-refractivity contribution in [2.24, 2.45) is 7.05 Å². The number of hydrogen-bond acceptors (Lipinski definition) is 4. The standard InChI is InChI=1S/C17H24FN5/c1-21-16-10-15(22-6-2-3-7-22)13(19)9-14(16)20-17(21)23-8-4-5-12(18)11-23/h9-10,12H,2-8,11,19H2,1H3/t12-/m1/s1. The smallest absolute Gasteiger partial charge is 0.206 e. The Morgan fingerprint density at radius 3 is 2.61 bits per heavy atom. The summed E-state index contributed by atoms with van der Waals surface area (Å²) in [6.07, 6.45) is 3.23. The van der Waals surface area contributed by atoms with E-state index in [1.165, 1.54) is 12.8 Å². The highest BCUT2D eigenvalue weighted by molar-refractivity contribution is 5.89. The molecule has 0 unspecified atom stereocenters. The number of fused-ring (bicyclic) bond motifs is 1. The number of piperidine rings is 1. The van der Waals surface area contributed by atoms with Crippen molar-refractivity contribution >= 4 is 28.4 Å². The highest BCUT2D eigenvalue weighted by atomic mass is 19.1. The van der Waals surface area contributed by atoms with Gasteiger partial charge < -0.3 is 20.1 Å². The van der Waals surface area contributed by atoms with Crippen molar-refractivity contribution < 1.29 is 4.39 Å². The van der Waals surface area contributed by atoms with Crippen molar-refractivity contribution in [3.05, 3.63) is 12.1 Å². The van der Waals surface area contributed by atoms with Crippen LogP contribution in [-0.2, 0) is 7.05 Å². The molecule has 23 heavy (non-hydrogen) atoms. The zero-order valence-electron chi connectivity index (χ0n) is 13.6. The first-order chi connectivity index (χ1) is 11.1. The van der Waals surface area contributed by atoms with Crippen LogP contribution < -0.4 is 15.5 Å². The number of nitrogens with zero attached hydrogens (tertiary/aromatic N) is 4. The number of rotatable bonds is 2. The Bertz CT molecular complexity index is 719. The van der Waals surface area contributed by atoms with E-state index in [1.807, 2.05) is 13.1 Å². The molecule has 0 radical (unpaired) electrons. The van der Waals surface area contributed by atoms with Gasteiger partial charge in [-0.1, -0.05) is 0 Å². The second-order valence-corrected chi connectivity index (χ2v) is 6.75. The van der Waals surface area contributed by atoms with Crippen molar-refractivity contribution in [3.63, 3.8) is 0 Å². The molecule has 0 aliphatic carbocycles. The lowest BCUT2D eigenvalue weighted by molar-refractivity contribution is 0.285. The number of nitrogen functional groups attached to an aromatic ring is 1. The second-order valence-electron chi connectivity index (χ2n) is 6.75. The van der Waals surface area contributed by atoms with Crippen LogP contribution in [0.3, 0.4) is 0 Å². The van der Waals surface area contributed by atoms with Gasteiger partial charge in [0.25, 0.3) is 0 Å². The Hall–Kier alpha value is -1.98. The molecule has 0 spiro atoms. The van der Waals surface area contributed by atoms with Crippen molar-refractivity contribution in [3.8, 4) is 0 Å². The predicted molar refractivity (Wildman–Crippen MR) is 92.9 cm³/mol. The maximum absolute atomic E-state index is 13.7. The monoisotopic (exact) mass is 317 g/mol. The van der Waals surface area contributed by atoms with Crippen LogP contribution in [0, 0.1) is 0 Å². The molecule has 2 fully saturated rings. The van der Waals surface area contributed by atoms with Crippen LogP contribution in [0.4, 0.5) is 21.7 Å². The number of anilines is 3. The maximum Gasteiger partial charge on any atom is 0.206 e. The topological polar surface area (TPSA) is 50.3 Å². The average Bonchev–Trinajstić information content (AvgIpc) is 3.15. The molecular formula is C17H24FN5. The lowest BCUT2D eigenvalue weighted by Gasteiger charge is -2.29. The third-order valence-electron chi connectivity index (χ3n) is 5.10. The highest BCUT2D eigenvalue weighted by Gasteiger charge is 2.24. The predicted octanol–water partition coefficient (Wildman–Crippen LogP) is 2.69. The molecule has 0 saturated carbocycles. The van der Waals surface area contributed by atoms with Gasteiger partial charge in [-0.2, -0.15) is 0 Å². The Morgan fingerprint density at radius 1 is 1.13 bits per heavy atom.